The van der Waals surface area contributed by atoms with Gasteiger partial charge in [-0.15, -0.1) is 10.2 Å². The van der Waals surface area contributed by atoms with Gasteiger partial charge < -0.3 is 30.0 Å². The molecule has 1 aromatic heterocycles. The van der Waals surface area contributed by atoms with Gasteiger partial charge in [0.25, 0.3) is 0 Å². The van der Waals surface area contributed by atoms with Crippen LogP contribution in [0.5, 0.6) is 0 Å². The molecule has 1 saturated heterocycles. The highest BCUT2D eigenvalue weighted by Crippen LogP contribution is 2.06. The minimum atomic E-state index is -0.513. The van der Waals surface area contributed by atoms with Gasteiger partial charge >= 0.3 is 6.09 Å². The SMILES string of the molecule is Cc1nnc(CN=C(NCCCN2CCOCC2)NCCNC(=O)OC(C)(C)C)n1C. The van der Waals surface area contributed by atoms with Crippen molar-refractivity contribution < 1.29 is 14.3 Å². The number of guanidine groups is 1. The van der Waals surface area contributed by atoms with Gasteiger partial charge in [0.05, 0.1) is 13.2 Å². The second kappa shape index (κ2) is 12.5. The molecule has 0 saturated carbocycles. The van der Waals surface area contributed by atoms with Gasteiger partial charge in [0.15, 0.2) is 11.8 Å². The average molecular weight is 439 g/mol. The lowest BCUT2D eigenvalue weighted by Gasteiger charge is -2.26. The number of hydrogen-bond donors (Lipinski definition) is 3. The molecule has 0 aromatic carbocycles. The monoisotopic (exact) mass is 438 g/mol. The van der Waals surface area contributed by atoms with Gasteiger partial charge in [-0.2, -0.15) is 0 Å². The molecule has 176 valence electrons. The van der Waals surface area contributed by atoms with Crippen LogP contribution in [0.3, 0.4) is 0 Å². The summed E-state index contributed by atoms with van der Waals surface area (Å²) in [4.78, 5) is 18.8. The summed E-state index contributed by atoms with van der Waals surface area (Å²) in [7, 11) is 1.92. The highest BCUT2D eigenvalue weighted by atomic mass is 16.6. The fraction of sp³-hybridized carbons (Fsp3) is 0.800. The lowest BCUT2D eigenvalue weighted by Crippen LogP contribution is -2.43. The van der Waals surface area contributed by atoms with E-state index in [0.29, 0.717) is 25.6 Å². The maximum Gasteiger partial charge on any atom is 0.407 e. The highest BCUT2D eigenvalue weighted by molar-refractivity contribution is 5.79. The fourth-order valence-corrected chi connectivity index (χ4v) is 2.91. The highest BCUT2D eigenvalue weighted by Gasteiger charge is 2.15. The number of ether oxygens (including phenoxy) is 2. The molecule has 1 fully saturated rings. The van der Waals surface area contributed by atoms with Crippen molar-refractivity contribution >= 4 is 12.1 Å². The van der Waals surface area contributed by atoms with Crippen LogP contribution < -0.4 is 16.0 Å². The number of aliphatic imine (C=N–C) groups is 1. The van der Waals surface area contributed by atoms with E-state index in [1.807, 2.05) is 39.3 Å². The molecule has 1 amide bonds. The number of morpholine rings is 1. The van der Waals surface area contributed by atoms with Crippen molar-refractivity contribution in [2.24, 2.45) is 12.0 Å². The normalized spacial score (nSPS) is 15.6. The summed E-state index contributed by atoms with van der Waals surface area (Å²) in [5.41, 5.74) is -0.513. The number of nitrogens with zero attached hydrogens (tertiary/aromatic N) is 5. The van der Waals surface area contributed by atoms with Crippen LogP contribution in [0.25, 0.3) is 0 Å². The molecule has 0 aliphatic carbocycles. The predicted molar refractivity (Wildman–Crippen MR) is 119 cm³/mol. The Bertz CT molecular complexity index is 708. The van der Waals surface area contributed by atoms with E-state index >= 15 is 0 Å². The van der Waals surface area contributed by atoms with Crippen molar-refractivity contribution in [2.45, 2.75) is 46.3 Å². The molecule has 0 bridgehead atoms. The Morgan fingerprint density at radius 2 is 1.81 bits per heavy atom. The zero-order chi connectivity index (χ0) is 22.7. The zero-order valence-electron chi connectivity index (χ0n) is 19.5. The van der Waals surface area contributed by atoms with Crippen LogP contribution in [0.2, 0.25) is 0 Å². The van der Waals surface area contributed by atoms with E-state index in [4.69, 9.17) is 9.47 Å². The van der Waals surface area contributed by atoms with Gasteiger partial charge in [-0.3, -0.25) is 4.90 Å². The molecule has 0 radical (unpaired) electrons. The molecule has 2 heterocycles. The fourth-order valence-electron chi connectivity index (χ4n) is 2.91. The molecular weight excluding hydrogens is 400 g/mol. The average Bonchev–Trinajstić information content (AvgIpc) is 3.03. The molecular formula is C20H38N8O3. The second-order valence-electron chi connectivity index (χ2n) is 8.48. The Kier molecular flexibility index (Phi) is 9.99. The topological polar surface area (TPSA) is 118 Å². The molecule has 2 rings (SSSR count). The molecule has 0 spiro atoms. The molecule has 0 atom stereocenters. The third kappa shape index (κ3) is 9.97. The minimum absolute atomic E-state index is 0.412. The number of carbonyl (C=O) groups is 1. The minimum Gasteiger partial charge on any atom is -0.444 e. The van der Waals surface area contributed by atoms with Crippen LogP contribution in [0.1, 0.15) is 38.8 Å². The Morgan fingerprint density at radius 1 is 1.13 bits per heavy atom. The van der Waals surface area contributed by atoms with Crippen molar-refractivity contribution in [1.29, 1.82) is 0 Å². The number of alkyl carbamates (subject to hydrolysis) is 1. The summed E-state index contributed by atoms with van der Waals surface area (Å²) in [5.74, 6) is 2.31. The van der Waals surface area contributed by atoms with Gasteiger partial charge in [-0.05, 0) is 40.7 Å². The number of carbonyl (C=O) groups excluding carboxylic acids is 1. The van der Waals surface area contributed by atoms with E-state index in [0.717, 1.165) is 57.5 Å². The molecule has 11 heteroatoms. The first-order valence-electron chi connectivity index (χ1n) is 10.9. The van der Waals surface area contributed by atoms with E-state index in [-0.39, 0.29) is 0 Å². The Morgan fingerprint density at radius 3 is 2.45 bits per heavy atom. The van der Waals surface area contributed by atoms with Crippen LogP contribution in [-0.4, -0.2) is 89.8 Å². The summed E-state index contributed by atoms with van der Waals surface area (Å²) in [6.45, 7) is 14.2. The van der Waals surface area contributed by atoms with E-state index in [2.05, 4.69) is 36.0 Å². The lowest BCUT2D eigenvalue weighted by molar-refractivity contribution is 0.0376. The van der Waals surface area contributed by atoms with Crippen molar-refractivity contribution in [1.82, 2.24) is 35.6 Å². The first-order chi connectivity index (χ1) is 14.7. The molecule has 3 N–H and O–H groups in total. The van der Waals surface area contributed by atoms with Crippen molar-refractivity contribution in [3.8, 4) is 0 Å². The van der Waals surface area contributed by atoms with E-state index in [1.165, 1.54) is 0 Å². The van der Waals surface area contributed by atoms with Crippen LogP contribution in [0, 0.1) is 6.92 Å². The number of aromatic nitrogens is 3. The number of rotatable bonds is 9. The summed E-state index contributed by atoms with van der Waals surface area (Å²) >= 11 is 0. The van der Waals surface area contributed by atoms with E-state index < -0.39 is 11.7 Å². The van der Waals surface area contributed by atoms with Crippen LogP contribution >= 0.6 is 0 Å². The summed E-state index contributed by atoms with van der Waals surface area (Å²) in [5, 5.41) is 17.6. The molecule has 31 heavy (non-hydrogen) atoms. The first-order valence-corrected chi connectivity index (χ1v) is 10.9. The largest absolute Gasteiger partial charge is 0.444 e. The maximum atomic E-state index is 11.8. The van der Waals surface area contributed by atoms with Gasteiger partial charge in [-0.1, -0.05) is 0 Å². The molecule has 1 aromatic rings. The third-order valence-electron chi connectivity index (χ3n) is 4.69. The van der Waals surface area contributed by atoms with Crippen LogP contribution in [0.15, 0.2) is 4.99 Å². The molecule has 0 unspecified atom stereocenters. The number of hydrogen-bond acceptors (Lipinski definition) is 7. The van der Waals surface area contributed by atoms with Gasteiger partial charge in [0, 0.05) is 39.8 Å². The quantitative estimate of drug-likeness (QED) is 0.288. The Hall–Kier alpha value is -2.40. The first kappa shape index (κ1) is 24.9. The molecule has 1 aliphatic rings. The number of aryl methyl sites for hydroxylation is 1. The van der Waals surface area contributed by atoms with Crippen molar-refractivity contribution in [3.05, 3.63) is 11.6 Å². The third-order valence-corrected chi connectivity index (χ3v) is 4.69. The van der Waals surface area contributed by atoms with Gasteiger partial charge in [0.2, 0.25) is 0 Å². The molecule has 11 nitrogen and oxygen atoms in total. The Balaban J connectivity index is 1.79. The standard InChI is InChI=1S/C20H38N8O3/c1-16-25-26-17(27(16)5)15-24-18(21-7-6-10-28-11-13-30-14-12-28)22-8-9-23-19(29)31-20(2,3)4/h6-15H2,1-5H3,(H,23,29)(H2,21,22,24). The van der Waals surface area contributed by atoms with Gasteiger partial charge in [0.1, 0.15) is 18.0 Å². The van der Waals surface area contributed by atoms with Crippen LogP contribution in [-0.2, 0) is 23.1 Å². The van der Waals surface area contributed by atoms with E-state index in [9.17, 15) is 4.79 Å². The predicted octanol–water partition coefficient (Wildman–Crippen LogP) is 0.406. The second-order valence-corrected chi connectivity index (χ2v) is 8.48. The molecule has 1 aliphatic heterocycles. The van der Waals surface area contributed by atoms with Crippen LogP contribution in [0.4, 0.5) is 4.79 Å². The summed E-state index contributed by atoms with van der Waals surface area (Å²) in [6.07, 6.45) is 0.570. The van der Waals surface area contributed by atoms with Crippen molar-refractivity contribution in [3.63, 3.8) is 0 Å². The smallest absolute Gasteiger partial charge is 0.407 e. The number of amides is 1. The Labute approximate surface area is 185 Å². The zero-order valence-corrected chi connectivity index (χ0v) is 19.5. The lowest BCUT2D eigenvalue weighted by atomic mass is 10.2. The van der Waals surface area contributed by atoms with Gasteiger partial charge in [-0.25, -0.2) is 9.79 Å². The van der Waals surface area contributed by atoms with Crippen molar-refractivity contribution in [2.75, 3.05) is 52.5 Å². The summed E-state index contributed by atoms with van der Waals surface area (Å²) < 4.78 is 12.6. The number of nitrogens with one attached hydrogen (secondary N) is 3. The summed E-state index contributed by atoms with van der Waals surface area (Å²) in [6, 6.07) is 0. The maximum absolute atomic E-state index is 11.8. The van der Waals surface area contributed by atoms with E-state index in [1.54, 1.807) is 0 Å².